The summed E-state index contributed by atoms with van der Waals surface area (Å²) in [5.41, 5.74) is 11.7. The van der Waals surface area contributed by atoms with Gasteiger partial charge in [-0.25, -0.2) is 0 Å². The molecule has 4 rings (SSSR count). The van der Waals surface area contributed by atoms with Crippen molar-refractivity contribution in [2.24, 2.45) is 0 Å². The van der Waals surface area contributed by atoms with E-state index in [2.05, 4.69) is 23.8 Å². The predicted octanol–water partition coefficient (Wildman–Crippen LogP) is 4.92. The maximum absolute atomic E-state index is 10.9. The largest absolute Gasteiger partial charge is 0.505 e. The van der Waals surface area contributed by atoms with Crippen LogP contribution in [0, 0.1) is 6.92 Å². The fourth-order valence-electron chi connectivity index (χ4n) is 3.75. The molecule has 23 heavy (non-hydrogen) atoms. The van der Waals surface area contributed by atoms with E-state index in [4.69, 9.17) is 0 Å². The van der Waals surface area contributed by atoms with Gasteiger partial charge in [0.15, 0.2) is 0 Å². The zero-order valence-corrected chi connectivity index (χ0v) is 13.5. The van der Waals surface area contributed by atoms with Crippen molar-refractivity contribution in [3.05, 3.63) is 47.5 Å². The molecule has 0 bridgehead atoms. The van der Waals surface area contributed by atoms with Crippen LogP contribution in [0.4, 0.5) is 17.1 Å². The van der Waals surface area contributed by atoms with E-state index in [0.29, 0.717) is 11.7 Å². The van der Waals surface area contributed by atoms with Gasteiger partial charge in [-0.3, -0.25) is 10.9 Å². The number of phenols is 1. The Labute approximate surface area is 137 Å². The molecule has 1 saturated carbocycles. The van der Waals surface area contributed by atoms with Crippen LogP contribution >= 0.6 is 0 Å². The Kier molecular flexibility index (Phi) is 3.52. The minimum atomic E-state index is 0.398. The first-order chi connectivity index (χ1) is 11.2. The number of anilines is 3. The number of hydrazine groups is 2. The van der Waals surface area contributed by atoms with Crippen LogP contribution in [0.15, 0.2) is 36.4 Å². The molecule has 4 nitrogen and oxygen atoms in total. The van der Waals surface area contributed by atoms with Crippen molar-refractivity contribution in [2.75, 3.05) is 16.0 Å². The Hall–Kier alpha value is -2.36. The Morgan fingerprint density at radius 3 is 2.30 bits per heavy atom. The van der Waals surface area contributed by atoms with Crippen LogP contribution < -0.4 is 16.0 Å². The second-order valence-corrected chi connectivity index (χ2v) is 6.66. The van der Waals surface area contributed by atoms with Gasteiger partial charge >= 0.3 is 0 Å². The van der Waals surface area contributed by atoms with Gasteiger partial charge in [0.05, 0.1) is 11.4 Å². The van der Waals surface area contributed by atoms with Crippen LogP contribution in [0.5, 0.6) is 5.75 Å². The molecule has 4 heteroatoms. The minimum absolute atomic E-state index is 0.398. The van der Waals surface area contributed by atoms with E-state index in [1.54, 1.807) is 0 Å². The summed E-state index contributed by atoms with van der Waals surface area (Å²) in [5.74, 6) is 0.877. The lowest BCUT2D eigenvalue weighted by atomic mass is 9.83. The maximum Gasteiger partial charge on any atom is 0.146 e. The lowest BCUT2D eigenvalue weighted by Crippen LogP contribution is -2.29. The summed E-state index contributed by atoms with van der Waals surface area (Å²) in [7, 11) is 0. The fourth-order valence-corrected chi connectivity index (χ4v) is 3.75. The number of nitrogens with zero attached hydrogens (tertiary/aromatic N) is 1. The first kappa shape index (κ1) is 14.2. The van der Waals surface area contributed by atoms with Crippen LogP contribution in [0.25, 0.3) is 0 Å². The average molecular weight is 309 g/mol. The summed E-state index contributed by atoms with van der Waals surface area (Å²) in [6.45, 7) is 2.10. The second kappa shape index (κ2) is 5.69. The number of phenolic OH excluding ortho intramolecular Hbond substituents is 1. The van der Waals surface area contributed by atoms with Crippen LogP contribution in [-0.4, -0.2) is 5.11 Å². The minimum Gasteiger partial charge on any atom is -0.505 e. The predicted molar refractivity (Wildman–Crippen MR) is 94.8 cm³/mol. The quantitative estimate of drug-likeness (QED) is 0.736. The summed E-state index contributed by atoms with van der Waals surface area (Å²) in [4.78, 5) is 0. The zero-order chi connectivity index (χ0) is 15.8. The standard InChI is InChI=1S/C19H23N3O/c1-13-11-15(14-7-3-2-4-8-14)19(23)18(12-13)22-20-16-9-5-6-10-17(16)21-22/h5-6,9-12,14,20-21,23H,2-4,7-8H2,1H3. The van der Waals surface area contributed by atoms with E-state index in [0.717, 1.165) is 22.6 Å². The SMILES string of the molecule is Cc1cc(C2CCCCC2)c(O)c(N2Nc3ccccc3N2)c1. The summed E-state index contributed by atoms with van der Waals surface area (Å²) < 4.78 is 0. The fraction of sp³-hybridized carbons (Fsp3) is 0.368. The highest BCUT2D eigenvalue weighted by molar-refractivity contribution is 5.81. The normalized spacial score (nSPS) is 17.5. The third-order valence-corrected chi connectivity index (χ3v) is 4.94. The molecular weight excluding hydrogens is 286 g/mol. The molecule has 0 atom stereocenters. The smallest absolute Gasteiger partial charge is 0.146 e. The molecule has 0 aromatic heterocycles. The van der Waals surface area contributed by atoms with Crippen LogP contribution in [-0.2, 0) is 0 Å². The topological polar surface area (TPSA) is 47.5 Å². The number of fused-ring (bicyclic) bond motifs is 1. The summed E-state index contributed by atoms with van der Waals surface area (Å²) in [5, 5.41) is 12.7. The summed E-state index contributed by atoms with van der Waals surface area (Å²) in [6, 6.07) is 12.2. The van der Waals surface area contributed by atoms with Gasteiger partial charge in [0.25, 0.3) is 0 Å². The molecule has 1 aliphatic carbocycles. The number of benzene rings is 2. The van der Waals surface area contributed by atoms with Crippen molar-refractivity contribution >= 4 is 17.1 Å². The van der Waals surface area contributed by atoms with Gasteiger partial charge in [0.2, 0.25) is 0 Å². The highest BCUT2D eigenvalue weighted by Crippen LogP contribution is 2.43. The van der Waals surface area contributed by atoms with E-state index >= 15 is 0 Å². The van der Waals surface area contributed by atoms with Crippen LogP contribution in [0.1, 0.15) is 49.1 Å². The molecule has 0 radical (unpaired) electrons. The first-order valence-corrected chi connectivity index (χ1v) is 8.48. The van der Waals surface area contributed by atoms with Crippen molar-refractivity contribution in [2.45, 2.75) is 44.9 Å². The molecule has 2 aromatic rings. The van der Waals surface area contributed by atoms with Crippen molar-refractivity contribution < 1.29 is 5.11 Å². The van der Waals surface area contributed by atoms with Gasteiger partial charge in [0, 0.05) is 0 Å². The van der Waals surface area contributed by atoms with Crippen LogP contribution in [0.3, 0.4) is 0 Å². The molecule has 1 fully saturated rings. The molecule has 0 unspecified atom stereocenters. The van der Waals surface area contributed by atoms with E-state index in [1.807, 2.05) is 35.4 Å². The Morgan fingerprint density at radius 1 is 1.00 bits per heavy atom. The number of aryl methyl sites for hydroxylation is 1. The molecule has 0 amide bonds. The lowest BCUT2D eigenvalue weighted by molar-refractivity contribution is 0.414. The third-order valence-electron chi connectivity index (χ3n) is 4.94. The zero-order valence-electron chi connectivity index (χ0n) is 13.5. The number of hydrogen-bond acceptors (Lipinski definition) is 4. The number of para-hydroxylation sites is 2. The Morgan fingerprint density at radius 2 is 1.65 bits per heavy atom. The molecule has 0 spiro atoms. The van der Waals surface area contributed by atoms with Gasteiger partial charge in [-0.15, -0.1) is 0 Å². The summed E-state index contributed by atoms with van der Waals surface area (Å²) >= 11 is 0. The van der Waals surface area contributed by atoms with Gasteiger partial charge in [-0.1, -0.05) is 37.5 Å². The highest BCUT2D eigenvalue weighted by Gasteiger charge is 2.25. The van der Waals surface area contributed by atoms with Crippen molar-refractivity contribution in [3.63, 3.8) is 0 Å². The lowest BCUT2D eigenvalue weighted by Gasteiger charge is -2.27. The van der Waals surface area contributed by atoms with Gasteiger partial charge in [0.1, 0.15) is 11.4 Å². The Balaban J connectivity index is 1.68. The Bertz CT molecular complexity index is 698. The third kappa shape index (κ3) is 2.58. The highest BCUT2D eigenvalue weighted by atomic mass is 16.3. The molecule has 1 heterocycles. The molecular formula is C19H23N3O. The number of rotatable bonds is 2. The molecule has 2 aromatic carbocycles. The first-order valence-electron chi connectivity index (χ1n) is 8.48. The van der Waals surface area contributed by atoms with Crippen molar-refractivity contribution in [1.29, 1.82) is 0 Å². The molecule has 0 saturated heterocycles. The van der Waals surface area contributed by atoms with Crippen molar-refractivity contribution in [3.8, 4) is 5.75 Å². The van der Waals surface area contributed by atoms with E-state index in [9.17, 15) is 5.11 Å². The summed E-state index contributed by atoms with van der Waals surface area (Å²) in [6.07, 6.45) is 6.20. The maximum atomic E-state index is 10.9. The molecule has 1 aliphatic heterocycles. The number of aromatic hydroxyl groups is 1. The van der Waals surface area contributed by atoms with Gasteiger partial charge in [-0.05, 0) is 55.0 Å². The monoisotopic (exact) mass is 309 g/mol. The second-order valence-electron chi connectivity index (χ2n) is 6.66. The van der Waals surface area contributed by atoms with Crippen LogP contribution in [0.2, 0.25) is 0 Å². The number of nitrogens with one attached hydrogen (secondary N) is 2. The van der Waals surface area contributed by atoms with E-state index in [-0.39, 0.29) is 0 Å². The average Bonchev–Trinajstić information content (AvgIpc) is 3.01. The number of hydrogen-bond donors (Lipinski definition) is 3. The van der Waals surface area contributed by atoms with Crippen molar-refractivity contribution in [1.82, 2.24) is 0 Å². The van der Waals surface area contributed by atoms with E-state index in [1.165, 1.54) is 37.7 Å². The van der Waals surface area contributed by atoms with E-state index < -0.39 is 0 Å². The van der Waals surface area contributed by atoms with Gasteiger partial charge < -0.3 is 5.11 Å². The molecule has 3 N–H and O–H groups in total. The molecule has 2 aliphatic rings. The van der Waals surface area contributed by atoms with Gasteiger partial charge in [-0.2, -0.15) is 5.12 Å². The molecule has 120 valence electrons.